The predicted molar refractivity (Wildman–Crippen MR) is 72.9 cm³/mol. The van der Waals surface area contributed by atoms with Crippen LogP contribution in [0.1, 0.15) is 24.1 Å². The Kier molecular flexibility index (Phi) is 4.24. The zero-order chi connectivity index (χ0) is 14.0. The highest BCUT2D eigenvalue weighted by molar-refractivity contribution is 7.91. The zero-order valence-corrected chi connectivity index (χ0v) is 12.0. The van der Waals surface area contributed by atoms with Crippen LogP contribution in [0.5, 0.6) is 0 Å². The molecule has 1 amide bonds. The highest BCUT2D eigenvalue weighted by atomic mass is 32.2. The lowest BCUT2D eigenvalue weighted by Crippen LogP contribution is -2.50. The van der Waals surface area contributed by atoms with Crippen molar-refractivity contribution in [3.63, 3.8) is 0 Å². The van der Waals surface area contributed by atoms with Crippen LogP contribution in [0.15, 0.2) is 16.3 Å². The number of amides is 1. The Morgan fingerprint density at radius 1 is 1.42 bits per heavy atom. The van der Waals surface area contributed by atoms with Crippen molar-refractivity contribution in [2.45, 2.75) is 36.1 Å². The summed E-state index contributed by atoms with van der Waals surface area (Å²) in [5.74, 6) is -0.584. The smallest absolute Gasteiger partial charge is 0.253 e. The van der Waals surface area contributed by atoms with Gasteiger partial charge < -0.3 is 11.5 Å². The fraction of sp³-hybridized carbons (Fsp3) is 0.545. The molecular formula is C11H17N3O3S2. The maximum Gasteiger partial charge on any atom is 0.253 e. The van der Waals surface area contributed by atoms with E-state index >= 15 is 0 Å². The minimum absolute atomic E-state index is 0.223. The normalized spacial score (nSPS) is 21.4. The molecular weight excluding hydrogens is 286 g/mol. The summed E-state index contributed by atoms with van der Waals surface area (Å²) in [7, 11) is -3.65. The number of carbonyl (C=O) groups excluding carboxylic acids is 1. The van der Waals surface area contributed by atoms with Crippen LogP contribution < -0.4 is 11.5 Å². The van der Waals surface area contributed by atoms with Gasteiger partial charge in [-0.3, -0.25) is 4.79 Å². The van der Waals surface area contributed by atoms with Crippen molar-refractivity contribution in [1.29, 1.82) is 0 Å². The molecule has 4 N–H and O–H groups in total. The molecule has 0 spiro atoms. The average molecular weight is 303 g/mol. The predicted octanol–water partition coefficient (Wildman–Crippen LogP) is 0.235. The Morgan fingerprint density at radius 2 is 2.16 bits per heavy atom. The molecule has 2 heterocycles. The minimum Gasteiger partial charge on any atom is -0.368 e. The van der Waals surface area contributed by atoms with E-state index in [9.17, 15) is 13.2 Å². The molecule has 0 aromatic carbocycles. The molecule has 19 heavy (non-hydrogen) atoms. The van der Waals surface area contributed by atoms with Gasteiger partial charge in [-0.05, 0) is 25.0 Å². The lowest BCUT2D eigenvalue weighted by atomic mass is 10.0. The van der Waals surface area contributed by atoms with Crippen molar-refractivity contribution >= 4 is 27.3 Å². The van der Waals surface area contributed by atoms with Crippen molar-refractivity contribution < 1.29 is 13.2 Å². The molecule has 0 bridgehead atoms. The van der Waals surface area contributed by atoms with E-state index in [0.717, 1.165) is 29.1 Å². The van der Waals surface area contributed by atoms with Crippen LogP contribution in [0.25, 0.3) is 0 Å². The Balaban J connectivity index is 2.34. The molecule has 1 unspecified atom stereocenters. The number of hydrogen-bond donors (Lipinski definition) is 2. The van der Waals surface area contributed by atoms with Gasteiger partial charge in [0.05, 0.1) is 0 Å². The highest BCUT2D eigenvalue weighted by Crippen LogP contribution is 2.29. The number of nitrogens with zero attached hydrogens (tertiary/aromatic N) is 1. The molecule has 106 valence electrons. The Labute approximate surface area is 116 Å². The number of carbonyl (C=O) groups is 1. The van der Waals surface area contributed by atoms with Crippen LogP contribution in [0, 0.1) is 0 Å². The lowest BCUT2D eigenvalue weighted by Gasteiger charge is -2.32. The maximum atomic E-state index is 12.5. The quantitative estimate of drug-likeness (QED) is 0.830. The Bertz CT molecular complexity index is 567. The lowest BCUT2D eigenvalue weighted by molar-refractivity contribution is -0.122. The molecule has 0 aliphatic carbocycles. The average Bonchev–Trinajstić information content (AvgIpc) is 2.88. The van der Waals surface area contributed by atoms with Gasteiger partial charge in [0, 0.05) is 18.0 Å². The first-order chi connectivity index (χ1) is 8.96. The first-order valence-electron chi connectivity index (χ1n) is 6.06. The molecule has 2 rings (SSSR count). The molecule has 1 fully saturated rings. The number of hydrogen-bond acceptors (Lipinski definition) is 5. The van der Waals surface area contributed by atoms with E-state index in [2.05, 4.69) is 0 Å². The summed E-state index contributed by atoms with van der Waals surface area (Å²) >= 11 is 1.14. The van der Waals surface area contributed by atoms with Gasteiger partial charge in [-0.1, -0.05) is 6.42 Å². The number of rotatable bonds is 4. The van der Waals surface area contributed by atoms with Gasteiger partial charge >= 0.3 is 0 Å². The molecule has 1 aliphatic rings. The monoisotopic (exact) mass is 303 g/mol. The van der Waals surface area contributed by atoms with E-state index in [1.165, 1.54) is 10.4 Å². The van der Waals surface area contributed by atoms with Gasteiger partial charge in [0.15, 0.2) is 0 Å². The third-order valence-electron chi connectivity index (χ3n) is 3.18. The van der Waals surface area contributed by atoms with Crippen LogP contribution in [0.2, 0.25) is 0 Å². The molecule has 6 nitrogen and oxygen atoms in total. The maximum absolute atomic E-state index is 12.5. The summed E-state index contributed by atoms with van der Waals surface area (Å²) in [5, 5.41) is 0. The number of sulfonamides is 1. The molecule has 1 aliphatic heterocycles. The van der Waals surface area contributed by atoms with Gasteiger partial charge in [-0.2, -0.15) is 4.31 Å². The number of thiophene rings is 1. The molecule has 1 saturated heterocycles. The largest absolute Gasteiger partial charge is 0.368 e. The van der Waals surface area contributed by atoms with Crippen LogP contribution in [-0.2, 0) is 21.4 Å². The summed E-state index contributed by atoms with van der Waals surface area (Å²) in [6.07, 6.45) is 2.06. The van der Waals surface area contributed by atoms with E-state index in [4.69, 9.17) is 11.5 Å². The third-order valence-corrected chi connectivity index (χ3v) is 6.67. The summed E-state index contributed by atoms with van der Waals surface area (Å²) in [5.41, 5.74) is 10.8. The molecule has 0 radical (unpaired) electrons. The first-order valence-corrected chi connectivity index (χ1v) is 8.32. The highest BCUT2D eigenvalue weighted by Gasteiger charge is 2.37. The van der Waals surface area contributed by atoms with Gasteiger partial charge in [0.2, 0.25) is 5.91 Å². The summed E-state index contributed by atoms with van der Waals surface area (Å²) in [4.78, 5) is 12.2. The zero-order valence-electron chi connectivity index (χ0n) is 10.4. The van der Waals surface area contributed by atoms with Gasteiger partial charge in [-0.15, -0.1) is 11.3 Å². The van der Waals surface area contributed by atoms with Gasteiger partial charge in [0.25, 0.3) is 10.0 Å². The molecule has 1 aromatic rings. The third kappa shape index (κ3) is 2.81. The summed E-state index contributed by atoms with van der Waals surface area (Å²) in [6.45, 7) is 0.644. The van der Waals surface area contributed by atoms with E-state index in [-0.39, 0.29) is 4.21 Å². The second kappa shape index (κ2) is 5.58. The van der Waals surface area contributed by atoms with Crippen molar-refractivity contribution in [1.82, 2.24) is 4.31 Å². The van der Waals surface area contributed by atoms with Crippen LogP contribution >= 0.6 is 11.3 Å². The second-order valence-corrected chi connectivity index (χ2v) is 7.74. The van der Waals surface area contributed by atoms with Crippen molar-refractivity contribution in [3.05, 3.63) is 17.0 Å². The van der Waals surface area contributed by atoms with E-state index in [1.54, 1.807) is 6.07 Å². The van der Waals surface area contributed by atoms with Crippen LogP contribution in [-0.4, -0.2) is 31.2 Å². The van der Waals surface area contributed by atoms with Crippen LogP contribution in [0.3, 0.4) is 0 Å². The Morgan fingerprint density at radius 3 is 2.74 bits per heavy atom. The molecule has 0 saturated carbocycles. The standard InChI is InChI=1S/C11H17N3O3S2/c12-7-8-4-5-10(18-8)19(16,17)14-6-2-1-3-9(14)11(13)15/h4-5,9H,1-3,6-7,12H2,(H2,13,15). The number of nitrogens with two attached hydrogens (primary N) is 2. The van der Waals surface area contributed by atoms with Gasteiger partial charge in [-0.25, -0.2) is 8.42 Å². The number of primary amides is 1. The minimum atomic E-state index is -3.65. The number of piperidine rings is 1. The summed E-state index contributed by atoms with van der Waals surface area (Å²) in [6, 6.07) is 2.50. The fourth-order valence-electron chi connectivity index (χ4n) is 2.20. The topological polar surface area (TPSA) is 106 Å². The molecule has 1 aromatic heterocycles. The van der Waals surface area contributed by atoms with Gasteiger partial charge in [0.1, 0.15) is 10.3 Å². The second-order valence-electron chi connectivity index (χ2n) is 4.45. The van der Waals surface area contributed by atoms with E-state index < -0.39 is 22.0 Å². The van der Waals surface area contributed by atoms with Crippen molar-refractivity contribution in [2.75, 3.05) is 6.54 Å². The Hall–Kier alpha value is -0.960. The van der Waals surface area contributed by atoms with E-state index in [1.807, 2.05) is 0 Å². The summed E-state index contributed by atoms with van der Waals surface area (Å²) < 4.78 is 26.5. The van der Waals surface area contributed by atoms with Crippen LogP contribution in [0.4, 0.5) is 0 Å². The first kappa shape index (κ1) is 14.4. The van der Waals surface area contributed by atoms with Crippen molar-refractivity contribution in [2.24, 2.45) is 11.5 Å². The molecule has 1 atom stereocenters. The van der Waals surface area contributed by atoms with E-state index in [0.29, 0.717) is 19.5 Å². The fourth-order valence-corrected chi connectivity index (χ4v) is 5.23. The molecule has 8 heteroatoms. The SMILES string of the molecule is NCc1ccc(S(=O)(=O)N2CCCCC2C(N)=O)s1. The van der Waals surface area contributed by atoms with Crippen molar-refractivity contribution in [3.8, 4) is 0 Å².